The molecule has 2 aliphatic carbocycles. The van der Waals surface area contributed by atoms with Crippen molar-refractivity contribution in [3.05, 3.63) is 144 Å². The maximum absolute atomic E-state index is 2.44. The highest BCUT2D eigenvalue weighted by atomic mass is 14.4. The van der Waals surface area contributed by atoms with Crippen LogP contribution in [0.25, 0.3) is 55.3 Å². The average molecular weight is 513 g/mol. The van der Waals surface area contributed by atoms with Crippen LogP contribution in [0.3, 0.4) is 0 Å². The largest absolute Gasteiger partial charge is 0.0619 e. The second-order valence-electron chi connectivity index (χ2n) is 12.6. The first kappa shape index (κ1) is 23.5. The van der Waals surface area contributed by atoms with Gasteiger partial charge >= 0.3 is 0 Å². The molecular weight excluding hydrogens is 480 g/mol. The van der Waals surface area contributed by atoms with Gasteiger partial charge in [-0.15, -0.1) is 0 Å². The van der Waals surface area contributed by atoms with Crippen molar-refractivity contribution in [2.45, 2.75) is 38.5 Å². The summed E-state index contributed by atoms with van der Waals surface area (Å²) in [6.07, 6.45) is 0. The summed E-state index contributed by atoms with van der Waals surface area (Å²) in [5.41, 5.74) is 16.3. The van der Waals surface area contributed by atoms with Crippen molar-refractivity contribution in [1.29, 1.82) is 0 Å². The molecule has 192 valence electrons. The van der Waals surface area contributed by atoms with Gasteiger partial charge in [0.25, 0.3) is 0 Å². The minimum absolute atomic E-state index is 0.00746. The number of rotatable bonds is 2. The summed E-state index contributed by atoms with van der Waals surface area (Å²) in [6, 6.07) is 45.5. The maximum Gasteiger partial charge on any atom is 0.0159 e. The third kappa shape index (κ3) is 3.08. The molecule has 2 aliphatic rings. The van der Waals surface area contributed by atoms with Crippen molar-refractivity contribution in [2.75, 3.05) is 0 Å². The van der Waals surface area contributed by atoms with E-state index in [1.165, 1.54) is 77.5 Å². The SMILES string of the molecule is CC1(C)c2ccccc2-c2ccc(-c3ccc(-c4ccc5c(c4)C(C)(C)c4ccccc4-5)c4ccccc34)cc21. The van der Waals surface area contributed by atoms with Gasteiger partial charge in [-0.05, 0) is 89.7 Å². The van der Waals surface area contributed by atoms with E-state index in [0.717, 1.165) is 0 Å². The van der Waals surface area contributed by atoms with Crippen LogP contribution in [0.2, 0.25) is 0 Å². The molecule has 0 atom stereocenters. The third-order valence-corrected chi connectivity index (χ3v) is 9.71. The number of hydrogen-bond donors (Lipinski definition) is 0. The molecular formula is C40H32. The zero-order valence-electron chi connectivity index (χ0n) is 23.5. The lowest BCUT2D eigenvalue weighted by molar-refractivity contribution is 0.660. The Kier molecular flexibility index (Phi) is 4.73. The van der Waals surface area contributed by atoms with E-state index < -0.39 is 0 Å². The summed E-state index contributed by atoms with van der Waals surface area (Å²) in [4.78, 5) is 0. The Labute approximate surface area is 237 Å². The number of benzene rings is 6. The molecule has 0 N–H and O–H groups in total. The monoisotopic (exact) mass is 512 g/mol. The van der Waals surface area contributed by atoms with Crippen LogP contribution >= 0.6 is 0 Å². The molecule has 0 heteroatoms. The molecule has 0 aromatic heterocycles. The van der Waals surface area contributed by atoms with E-state index in [1.54, 1.807) is 0 Å². The molecule has 40 heavy (non-hydrogen) atoms. The van der Waals surface area contributed by atoms with Crippen LogP contribution in [0.1, 0.15) is 49.9 Å². The van der Waals surface area contributed by atoms with Crippen LogP contribution in [0, 0.1) is 0 Å². The fourth-order valence-corrected chi connectivity index (χ4v) is 7.55. The fraction of sp³-hybridized carbons (Fsp3) is 0.150. The summed E-state index contributed by atoms with van der Waals surface area (Å²) in [5, 5.41) is 2.60. The highest BCUT2D eigenvalue weighted by molar-refractivity contribution is 6.05. The van der Waals surface area contributed by atoms with Gasteiger partial charge in [-0.25, -0.2) is 0 Å². The van der Waals surface area contributed by atoms with Gasteiger partial charge in [0.15, 0.2) is 0 Å². The van der Waals surface area contributed by atoms with Gasteiger partial charge in [-0.2, -0.15) is 0 Å². The van der Waals surface area contributed by atoms with Crippen molar-refractivity contribution >= 4 is 10.8 Å². The standard InChI is InChI=1S/C40H32/c1-39(2)35-15-9-7-13-31(35)33-19-17-25(23-37(33)39)27-21-22-28(30-12-6-5-11-29(27)30)26-18-20-34-32-14-8-10-16-36(32)40(3,4)38(34)24-26/h5-24H,1-4H3. The topological polar surface area (TPSA) is 0 Å². The van der Waals surface area contributed by atoms with E-state index in [4.69, 9.17) is 0 Å². The minimum Gasteiger partial charge on any atom is -0.0619 e. The highest BCUT2D eigenvalue weighted by Gasteiger charge is 2.36. The van der Waals surface area contributed by atoms with E-state index >= 15 is 0 Å². The molecule has 6 aromatic carbocycles. The Morgan fingerprint density at radius 3 is 1.12 bits per heavy atom. The van der Waals surface area contributed by atoms with Gasteiger partial charge in [0.2, 0.25) is 0 Å². The summed E-state index contributed by atoms with van der Waals surface area (Å²) in [5.74, 6) is 0. The van der Waals surface area contributed by atoms with Crippen molar-refractivity contribution < 1.29 is 0 Å². The third-order valence-electron chi connectivity index (χ3n) is 9.71. The van der Waals surface area contributed by atoms with Crippen LogP contribution < -0.4 is 0 Å². The minimum atomic E-state index is -0.00746. The summed E-state index contributed by atoms with van der Waals surface area (Å²) in [7, 11) is 0. The Balaban J connectivity index is 1.28. The Morgan fingerprint density at radius 1 is 0.325 bits per heavy atom. The predicted molar refractivity (Wildman–Crippen MR) is 170 cm³/mol. The van der Waals surface area contributed by atoms with Gasteiger partial charge in [-0.3, -0.25) is 0 Å². The van der Waals surface area contributed by atoms with E-state index in [1.807, 2.05) is 0 Å². The molecule has 0 fully saturated rings. The highest BCUT2D eigenvalue weighted by Crippen LogP contribution is 2.51. The van der Waals surface area contributed by atoms with Crippen molar-refractivity contribution in [1.82, 2.24) is 0 Å². The molecule has 6 aromatic rings. The van der Waals surface area contributed by atoms with Gasteiger partial charge in [0.1, 0.15) is 0 Å². The zero-order valence-corrected chi connectivity index (χ0v) is 23.5. The van der Waals surface area contributed by atoms with Gasteiger partial charge in [-0.1, -0.05) is 137 Å². The van der Waals surface area contributed by atoms with Crippen LogP contribution in [0.5, 0.6) is 0 Å². The molecule has 0 saturated heterocycles. The van der Waals surface area contributed by atoms with Crippen molar-refractivity contribution in [3.8, 4) is 44.5 Å². The predicted octanol–water partition coefficient (Wildman–Crippen LogP) is 10.8. The first-order chi connectivity index (χ1) is 19.4. The maximum atomic E-state index is 2.44. The summed E-state index contributed by atoms with van der Waals surface area (Å²) in [6.45, 7) is 9.43. The molecule has 0 aliphatic heterocycles. The smallest absolute Gasteiger partial charge is 0.0159 e. The first-order valence-electron chi connectivity index (χ1n) is 14.4. The number of hydrogen-bond acceptors (Lipinski definition) is 0. The lowest BCUT2D eigenvalue weighted by Crippen LogP contribution is -2.15. The Morgan fingerprint density at radius 2 is 0.675 bits per heavy atom. The molecule has 0 nitrogen and oxygen atoms in total. The van der Waals surface area contributed by atoms with Crippen LogP contribution in [0.15, 0.2) is 121 Å². The number of fused-ring (bicyclic) bond motifs is 7. The summed E-state index contributed by atoms with van der Waals surface area (Å²) >= 11 is 0. The van der Waals surface area contributed by atoms with Crippen LogP contribution in [-0.4, -0.2) is 0 Å². The van der Waals surface area contributed by atoms with E-state index in [-0.39, 0.29) is 10.8 Å². The van der Waals surface area contributed by atoms with Gasteiger partial charge in [0.05, 0.1) is 0 Å². The van der Waals surface area contributed by atoms with Gasteiger partial charge in [0, 0.05) is 10.8 Å². The second kappa shape index (κ2) is 8.05. The normalized spacial score (nSPS) is 15.4. The van der Waals surface area contributed by atoms with Crippen molar-refractivity contribution in [3.63, 3.8) is 0 Å². The molecule has 0 bridgehead atoms. The van der Waals surface area contributed by atoms with E-state index in [0.29, 0.717) is 0 Å². The molecule has 0 saturated carbocycles. The summed E-state index contributed by atoms with van der Waals surface area (Å²) < 4.78 is 0. The average Bonchev–Trinajstić information content (AvgIpc) is 3.36. The van der Waals surface area contributed by atoms with Gasteiger partial charge < -0.3 is 0 Å². The van der Waals surface area contributed by atoms with E-state index in [9.17, 15) is 0 Å². The lowest BCUT2D eigenvalue weighted by Gasteiger charge is -2.23. The molecule has 0 unspecified atom stereocenters. The Hall–Kier alpha value is -4.42. The molecule has 0 amide bonds. The zero-order chi connectivity index (χ0) is 27.2. The molecule has 0 spiro atoms. The quantitative estimate of drug-likeness (QED) is 0.216. The lowest BCUT2D eigenvalue weighted by atomic mass is 9.80. The van der Waals surface area contributed by atoms with Crippen LogP contribution in [0.4, 0.5) is 0 Å². The molecule has 8 rings (SSSR count). The van der Waals surface area contributed by atoms with Crippen LogP contribution in [-0.2, 0) is 10.8 Å². The fourth-order valence-electron chi connectivity index (χ4n) is 7.55. The first-order valence-corrected chi connectivity index (χ1v) is 14.4. The second-order valence-corrected chi connectivity index (χ2v) is 12.6. The molecule has 0 radical (unpaired) electrons. The Bertz CT molecular complexity index is 1850. The van der Waals surface area contributed by atoms with E-state index in [2.05, 4.69) is 149 Å². The van der Waals surface area contributed by atoms with Crippen molar-refractivity contribution in [2.24, 2.45) is 0 Å². The molecule has 0 heterocycles.